The third kappa shape index (κ3) is 4.15. The van der Waals surface area contributed by atoms with E-state index >= 15 is 0 Å². The molecule has 1 unspecified atom stereocenters. The Balaban J connectivity index is 1.53. The fourth-order valence-electron chi connectivity index (χ4n) is 4.12. The molecule has 2 aromatic rings. The molecule has 1 N–H and O–H groups in total. The molecule has 1 saturated heterocycles. The first-order valence-electron chi connectivity index (χ1n) is 10.2. The van der Waals surface area contributed by atoms with E-state index < -0.39 is 0 Å². The van der Waals surface area contributed by atoms with Gasteiger partial charge in [0.25, 0.3) is 5.56 Å². The SMILES string of the molecule is CC(C)c1nn(CC(=O)NC2CCCN(C3CC3)C2)c(=O)c2ccc(Br)cc12. The molecule has 1 atom stereocenters. The van der Waals surface area contributed by atoms with Crippen LogP contribution in [0.25, 0.3) is 10.8 Å². The molecule has 28 heavy (non-hydrogen) atoms. The Morgan fingerprint density at radius 3 is 2.79 bits per heavy atom. The molecule has 150 valence electrons. The number of piperidine rings is 1. The standard InChI is InChI=1S/C21H27BrN4O2/c1-13(2)20-18-10-14(22)5-8-17(18)21(28)26(24-20)12-19(27)23-15-4-3-9-25(11-15)16-6-7-16/h5,8,10,13,15-16H,3-4,6-7,9,11-12H2,1-2H3,(H,23,27). The van der Waals surface area contributed by atoms with Gasteiger partial charge in [0, 0.05) is 28.5 Å². The van der Waals surface area contributed by atoms with Gasteiger partial charge in [0.2, 0.25) is 5.91 Å². The summed E-state index contributed by atoms with van der Waals surface area (Å²) in [6.45, 7) is 6.11. The van der Waals surface area contributed by atoms with Gasteiger partial charge in [-0.05, 0) is 56.3 Å². The van der Waals surface area contributed by atoms with Gasteiger partial charge in [0.15, 0.2) is 0 Å². The van der Waals surface area contributed by atoms with Gasteiger partial charge in [0.1, 0.15) is 6.54 Å². The molecule has 6 nitrogen and oxygen atoms in total. The fraction of sp³-hybridized carbons (Fsp3) is 0.571. The van der Waals surface area contributed by atoms with E-state index in [9.17, 15) is 9.59 Å². The Bertz CT molecular complexity index is 951. The van der Waals surface area contributed by atoms with Gasteiger partial charge in [-0.25, -0.2) is 4.68 Å². The van der Waals surface area contributed by atoms with E-state index in [0.29, 0.717) is 5.39 Å². The molecule has 1 aliphatic heterocycles. The molecule has 0 spiro atoms. The lowest BCUT2D eigenvalue weighted by Gasteiger charge is -2.33. The second-order valence-electron chi connectivity index (χ2n) is 8.33. The normalized spacial score (nSPS) is 20.6. The Kier molecular flexibility index (Phi) is 5.56. The van der Waals surface area contributed by atoms with Gasteiger partial charge >= 0.3 is 0 Å². The predicted molar refractivity (Wildman–Crippen MR) is 114 cm³/mol. The maximum Gasteiger partial charge on any atom is 0.275 e. The Labute approximate surface area is 173 Å². The molecular weight excluding hydrogens is 420 g/mol. The molecule has 1 aromatic carbocycles. The maximum absolute atomic E-state index is 12.9. The van der Waals surface area contributed by atoms with Crippen LogP contribution in [0.3, 0.4) is 0 Å². The highest BCUT2D eigenvalue weighted by Crippen LogP contribution is 2.29. The van der Waals surface area contributed by atoms with Crippen molar-refractivity contribution in [1.82, 2.24) is 20.0 Å². The molecule has 0 radical (unpaired) electrons. The Morgan fingerprint density at radius 1 is 1.29 bits per heavy atom. The van der Waals surface area contributed by atoms with Gasteiger partial charge in [-0.2, -0.15) is 5.10 Å². The second kappa shape index (κ2) is 7.95. The molecule has 2 aliphatic rings. The Morgan fingerprint density at radius 2 is 2.07 bits per heavy atom. The van der Waals surface area contributed by atoms with Crippen molar-refractivity contribution >= 4 is 32.6 Å². The Hall–Kier alpha value is -1.73. The summed E-state index contributed by atoms with van der Waals surface area (Å²) >= 11 is 3.47. The number of fused-ring (bicyclic) bond motifs is 1. The topological polar surface area (TPSA) is 67.2 Å². The zero-order valence-corrected chi connectivity index (χ0v) is 18.0. The lowest BCUT2D eigenvalue weighted by molar-refractivity contribution is -0.123. The largest absolute Gasteiger partial charge is 0.350 e. The van der Waals surface area contributed by atoms with Crippen molar-refractivity contribution in [2.24, 2.45) is 0 Å². The van der Waals surface area contributed by atoms with E-state index in [-0.39, 0.29) is 30.0 Å². The van der Waals surface area contributed by atoms with Crippen LogP contribution in [0, 0.1) is 0 Å². The zero-order chi connectivity index (χ0) is 19.8. The lowest BCUT2D eigenvalue weighted by Crippen LogP contribution is -2.49. The molecule has 2 fully saturated rings. The van der Waals surface area contributed by atoms with Crippen molar-refractivity contribution in [3.8, 4) is 0 Å². The van der Waals surface area contributed by atoms with Gasteiger partial charge < -0.3 is 5.32 Å². The summed E-state index contributed by atoms with van der Waals surface area (Å²) in [7, 11) is 0. The number of nitrogens with zero attached hydrogens (tertiary/aromatic N) is 3. The molecule has 1 amide bonds. The number of rotatable bonds is 5. The number of aromatic nitrogens is 2. The second-order valence-corrected chi connectivity index (χ2v) is 9.24. The van der Waals surface area contributed by atoms with Crippen LogP contribution in [0.2, 0.25) is 0 Å². The van der Waals surface area contributed by atoms with Crippen LogP contribution in [0.4, 0.5) is 0 Å². The van der Waals surface area contributed by atoms with Crippen molar-refractivity contribution in [2.45, 2.75) is 64.1 Å². The monoisotopic (exact) mass is 446 g/mol. The van der Waals surface area contributed by atoms with Crippen molar-refractivity contribution in [1.29, 1.82) is 0 Å². The average Bonchev–Trinajstić information content (AvgIpc) is 3.49. The summed E-state index contributed by atoms with van der Waals surface area (Å²) in [5.41, 5.74) is 0.617. The van der Waals surface area contributed by atoms with Crippen molar-refractivity contribution in [2.75, 3.05) is 13.1 Å². The minimum atomic E-state index is -0.217. The van der Waals surface area contributed by atoms with Gasteiger partial charge in [-0.3, -0.25) is 14.5 Å². The predicted octanol–water partition coefficient (Wildman–Crippen LogP) is 3.03. The zero-order valence-electron chi connectivity index (χ0n) is 16.4. The van der Waals surface area contributed by atoms with Crippen molar-refractivity contribution in [3.63, 3.8) is 0 Å². The van der Waals surface area contributed by atoms with Crippen molar-refractivity contribution < 1.29 is 4.79 Å². The summed E-state index contributed by atoms with van der Waals surface area (Å²) in [5.74, 6) is 0.0144. The van der Waals surface area contributed by atoms with E-state index in [4.69, 9.17) is 0 Å². The summed E-state index contributed by atoms with van der Waals surface area (Å²) in [4.78, 5) is 28.0. The molecular formula is C21H27BrN4O2. The number of amides is 1. The number of carbonyl (C=O) groups is 1. The minimum Gasteiger partial charge on any atom is -0.350 e. The summed E-state index contributed by atoms with van der Waals surface area (Å²) < 4.78 is 2.23. The number of likely N-dealkylation sites (tertiary alicyclic amines) is 1. The molecule has 1 aliphatic carbocycles. The molecule has 7 heteroatoms. The van der Waals surface area contributed by atoms with E-state index in [1.54, 1.807) is 6.07 Å². The number of nitrogens with one attached hydrogen (secondary N) is 1. The van der Waals surface area contributed by atoms with Crippen LogP contribution >= 0.6 is 15.9 Å². The van der Waals surface area contributed by atoms with Crippen LogP contribution in [0.15, 0.2) is 27.5 Å². The van der Waals surface area contributed by atoms with Gasteiger partial charge in [-0.15, -0.1) is 0 Å². The number of halogens is 1. The molecule has 4 rings (SSSR count). The molecule has 1 aromatic heterocycles. The lowest BCUT2D eigenvalue weighted by atomic mass is 10.0. The van der Waals surface area contributed by atoms with Crippen LogP contribution in [0.5, 0.6) is 0 Å². The first-order chi connectivity index (χ1) is 13.4. The summed E-state index contributed by atoms with van der Waals surface area (Å²) in [6.07, 6.45) is 4.68. The first kappa shape index (κ1) is 19.6. The number of benzene rings is 1. The smallest absolute Gasteiger partial charge is 0.275 e. The summed E-state index contributed by atoms with van der Waals surface area (Å²) in [5, 5.41) is 9.11. The van der Waals surface area contributed by atoms with E-state index in [1.165, 1.54) is 17.5 Å². The quantitative estimate of drug-likeness (QED) is 0.766. The van der Waals surface area contributed by atoms with Crippen LogP contribution < -0.4 is 10.9 Å². The molecule has 0 bridgehead atoms. The first-order valence-corrected chi connectivity index (χ1v) is 11.0. The van der Waals surface area contributed by atoms with E-state index in [1.807, 2.05) is 26.0 Å². The molecule has 1 saturated carbocycles. The fourth-order valence-corrected chi connectivity index (χ4v) is 4.48. The minimum absolute atomic E-state index is 0.0372. The van der Waals surface area contributed by atoms with Crippen LogP contribution in [0.1, 0.15) is 51.1 Å². The van der Waals surface area contributed by atoms with Gasteiger partial charge in [-0.1, -0.05) is 29.8 Å². The molecule has 2 heterocycles. The number of hydrogen-bond donors (Lipinski definition) is 1. The number of hydrogen-bond acceptors (Lipinski definition) is 4. The third-order valence-electron chi connectivity index (χ3n) is 5.67. The van der Waals surface area contributed by atoms with Crippen LogP contribution in [-0.2, 0) is 11.3 Å². The maximum atomic E-state index is 12.9. The van der Waals surface area contributed by atoms with Crippen molar-refractivity contribution in [3.05, 3.63) is 38.7 Å². The van der Waals surface area contributed by atoms with Gasteiger partial charge in [0.05, 0.1) is 11.1 Å². The highest BCUT2D eigenvalue weighted by atomic mass is 79.9. The highest BCUT2D eigenvalue weighted by molar-refractivity contribution is 9.10. The van der Waals surface area contributed by atoms with E-state index in [2.05, 4.69) is 31.2 Å². The number of carbonyl (C=O) groups excluding carboxylic acids is 1. The average molecular weight is 447 g/mol. The third-order valence-corrected chi connectivity index (χ3v) is 6.17. The highest BCUT2D eigenvalue weighted by Gasteiger charge is 2.33. The summed E-state index contributed by atoms with van der Waals surface area (Å²) in [6, 6.07) is 6.47. The van der Waals surface area contributed by atoms with E-state index in [0.717, 1.165) is 47.5 Å². The van der Waals surface area contributed by atoms with Crippen LogP contribution in [-0.4, -0.2) is 45.8 Å².